The van der Waals surface area contributed by atoms with Gasteiger partial charge in [0.15, 0.2) is 0 Å². The van der Waals surface area contributed by atoms with Crippen molar-refractivity contribution in [1.29, 1.82) is 0 Å². The van der Waals surface area contributed by atoms with E-state index in [1.807, 2.05) is 31.2 Å². The monoisotopic (exact) mass is 140 g/mol. The van der Waals surface area contributed by atoms with Gasteiger partial charge in [-0.1, -0.05) is 12.1 Å². The zero-order valence-corrected chi connectivity index (χ0v) is 6.06. The molecule has 0 spiro atoms. The lowest BCUT2D eigenvalue weighted by Crippen LogP contribution is -1.74. The molecule has 0 aromatic heterocycles. The van der Waals surface area contributed by atoms with E-state index >= 15 is 0 Å². The Labute approximate surface area is 60.3 Å². The summed E-state index contributed by atoms with van der Waals surface area (Å²) in [5.41, 5.74) is 1.18. The SMILES string of the molecule is Cc1cccc(OS)c1. The molecule has 48 valence electrons. The van der Waals surface area contributed by atoms with Gasteiger partial charge in [-0.2, -0.15) is 0 Å². The zero-order valence-electron chi connectivity index (χ0n) is 5.16. The van der Waals surface area contributed by atoms with Gasteiger partial charge in [-0.05, 0) is 24.6 Å². The maximum Gasteiger partial charge on any atom is 0.137 e. The minimum atomic E-state index is 0.790. The molecular weight excluding hydrogens is 132 g/mol. The van der Waals surface area contributed by atoms with Crippen LogP contribution in [0.4, 0.5) is 0 Å². The molecule has 0 aliphatic rings. The van der Waals surface area contributed by atoms with E-state index < -0.39 is 0 Å². The highest BCUT2D eigenvalue weighted by Crippen LogP contribution is 2.12. The first-order valence-corrected chi connectivity index (χ1v) is 3.07. The number of hydrogen-bond acceptors (Lipinski definition) is 2. The van der Waals surface area contributed by atoms with E-state index in [0.717, 1.165) is 5.75 Å². The summed E-state index contributed by atoms with van der Waals surface area (Å²) in [5.74, 6) is 0.790. The van der Waals surface area contributed by atoms with Crippen LogP contribution < -0.4 is 4.18 Å². The lowest BCUT2D eigenvalue weighted by atomic mass is 10.2. The topological polar surface area (TPSA) is 9.23 Å². The summed E-state index contributed by atoms with van der Waals surface area (Å²) in [5, 5.41) is 0. The molecule has 9 heavy (non-hydrogen) atoms. The van der Waals surface area contributed by atoms with Crippen LogP contribution in [0.15, 0.2) is 24.3 Å². The summed E-state index contributed by atoms with van der Waals surface area (Å²) in [6.07, 6.45) is 0. The van der Waals surface area contributed by atoms with Crippen LogP contribution in [0.5, 0.6) is 5.75 Å². The maximum absolute atomic E-state index is 4.69. The third-order valence-electron chi connectivity index (χ3n) is 1.09. The van der Waals surface area contributed by atoms with E-state index in [1.165, 1.54) is 5.56 Å². The second kappa shape index (κ2) is 2.78. The fourth-order valence-corrected chi connectivity index (χ4v) is 0.786. The number of benzene rings is 1. The smallest absolute Gasteiger partial charge is 0.137 e. The van der Waals surface area contributed by atoms with Crippen molar-refractivity contribution in [2.24, 2.45) is 0 Å². The standard InChI is InChI=1S/C7H8OS/c1-6-3-2-4-7(5-6)8-9/h2-5,9H,1H3. The Hall–Kier alpha value is -0.630. The number of rotatable bonds is 1. The fourth-order valence-electron chi connectivity index (χ4n) is 0.672. The van der Waals surface area contributed by atoms with E-state index in [1.54, 1.807) is 0 Å². The predicted molar refractivity (Wildman–Crippen MR) is 40.8 cm³/mol. The molecule has 0 N–H and O–H groups in total. The highest BCUT2D eigenvalue weighted by atomic mass is 32.1. The van der Waals surface area contributed by atoms with E-state index in [-0.39, 0.29) is 0 Å². The first kappa shape index (κ1) is 6.49. The molecule has 0 fully saturated rings. The Balaban J connectivity index is 2.94. The molecule has 1 nitrogen and oxygen atoms in total. The Kier molecular flexibility index (Phi) is 2.01. The van der Waals surface area contributed by atoms with E-state index in [2.05, 4.69) is 17.1 Å². The van der Waals surface area contributed by atoms with E-state index in [4.69, 9.17) is 0 Å². The first-order chi connectivity index (χ1) is 4.33. The quantitative estimate of drug-likeness (QED) is 0.465. The van der Waals surface area contributed by atoms with Crippen molar-refractivity contribution in [3.63, 3.8) is 0 Å². The zero-order chi connectivity index (χ0) is 6.69. The van der Waals surface area contributed by atoms with Gasteiger partial charge >= 0.3 is 0 Å². The third-order valence-corrected chi connectivity index (χ3v) is 1.31. The largest absolute Gasteiger partial charge is 0.429 e. The second-order valence-electron chi connectivity index (χ2n) is 1.91. The van der Waals surface area contributed by atoms with Gasteiger partial charge in [-0.15, -0.1) is 0 Å². The van der Waals surface area contributed by atoms with Crippen molar-refractivity contribution in [2.45, 2.75) is 6.92 Å². The maximum atomic E-state index is 4.69. The molecule has 0 atom stereocenters. The van der Waals surface area contributed by atoms with Crippen LogP contribution in [-0.2, 0) is 0 Å². The van der Waals surface area contributed by atoms with Gasteiger partial charge in [0, 0.05) is 12.9 Å². The first-order valence-electron chi connectivity index (χ1n) is 2.71. The van der Waals surface area contributed by atoms with Crippen molar-refractivity contribution in [2.75, 3.05) is 0 Å². The number of thiol groups is 1. The molecule has 1 aromatic carbocycles. The average Bonchev–Trinajstić information content (AvgIpc) is 1.88. The van der Waals surface area contributed by atoms with Crippen LogP contribution in [0.2, 0.25) is 0 Å². The third kappa shape index (κ3) is 1.64. The van der Waals surface area contributed by atoms with Crippen molar-refractivity contribution >= 4 is 12.9 Å². The van der Waals surface area contributed by atoms with Crippen LogP contribution in [0.1, 0.15) is 5.56 Å². The van der Waals surface area contributed by atoms with Gasteiger partial charge in [0.25, 0.3) is 0 Å². The Bertz CT molecular complexity index is 198. The van der Waals surface area contributed by atoms with E-state index in [0.29, 0.717) is 0 Å². The van der Waals surface area contributed by atoms with Crippen molar-refractivity contribution in [3.8, 4) is 5.75 Å². The molecule has 0 aliphatic carbocycles. The molecule has 0 aliphatic heterocycles. The van der Waals surface area contributed by atoms with Crippen LogP contribution in [0, 0.1) is 6.92 Å². The van der Waals surface area contributed by atoms with Crippen molar-refractivity contribution < 1.29 is 4.18 Å². The molecule has 1 aromatic rings. The number of aryl methyl sites for hydroxylation is 1. The van der Waals surface area contributed by atoms with Gasteiger partial charge in [-0.3, -0.25) is 0 Å². The Morgan fingerprint density at radius 1 is 1.44 bits per heavy atom. The van der Waals surface area contributed by atoms with Crippen LogP contribution in [0.25, 0.3) is 0 Å². The molecule has 0 radical (unpaired) electrons. The number of hydrogen-bond donors (Lipinski definition) is 1. The summed E-state index contributed by atoms with van der Waals surface area (Å²) >= 11 is 3.66. The summed E-state index contributed by atoms with van der Waals surface area (Å²) < 4.78 is 4.69. The summed E-state index contributed by atoms with van der Waals surface area (Å²) in [4.78, 5) is 0. The van der Waals surface area contributed by atoms with Gasteiger partial charge in [0.05, 0.1) is 0 Å². The predicted octanol–water partition coefficient (Wildman–Crippen LogP) is 2.22. The highest BCUT2D eigenvalue weighted by molar-refractivity contribution is 7.75. The van der Waals surface area contributed by atoms with Gasteiger partial charge in [0.2, 0.25) is 0 Å². The molecule has 0 bridgehead atoms. The lowest BCUT2D eigenvalue weighted by Gasteiger charge is -1.96. The molecule has 2 heteroatoms. The molecule has 1 rings (SSSR count). The van der Waals surface area contributed by atoms with E-state index in [9.17, 15) is 0 Å². The van der Waals surface area contributed by atoms with Crippen LogP contribution in [0.3, 0.4) is 0 Å². The minimum Gasteiger partial charge on any atom is -0.429 e. The minimum absolute atomic E-state index is 0.790. The van der Waals surface area contributed by atoms with Crippen molar-refractivity contribution in [3.05, 3.63) is 29.8 Å². The highest BCUT2D eigenvalue weighted by Gasteiger charge is 1.87. The van der Waals surface area contributed by atoms with Crippen LogP contribution in [-0.4, -0.2) is 0 Å². The lowest BCUT2D eigenvalue weighted by molar-refractivity contribution is 0.658. The molecule has 0 unspecified atom stereocenters. The van der Waals surface area contributed by atoms with Gasteiger partial charge < -0.3 is 4.18 Å². The molecular formula is C7H8OS. The average molecular weight is 140 g/mol. The summed E-state index contributed by atoms with van der Waals surface area (Å²) in [6, 6.07) is 7.73. The molecule has 0 saturated heterocycles. The molecule has 0 saturated carbocycles. The van der Waals surface area contributed by atoms with Gasteiger partial charge in [-0.25, -0.2) is 0 Å². The van der Waals surface area contributed by atoms with Crippen LogP contribution >= 0.6 is 12.9 Å². The van der Waals surface area contributed by atoms with Crippen molar-refractivity contribution in [1.82, 2.24) is 0 Å². The summed E-state index contributed by atoms with van der Waals surface area (Å²) in [7, 11) is 0. The molecule has 0 heterocycles. The Morgan fingerprint density at radius 3 is 2.67 bits per heavy atom. The summed E-state index contributed by atoms with van der Waals surface area (Å²) in [6.45, 7) is 2.01. The Morgan fingerprint density at radius 2 is 2.22 bits per heavy atom. The fraction of sp³-hybridized carbons (Fsp3) is 0.143. The molecule has 0 amide bonds. The normalized spacial score (nSPS) is 9.11. The van der Waals surface area contributed by atoms with Gasteiger partial charge in [0.1, 0.15) is 5.75 Å². The second-order valence-corrected chi connectivity index (χ2v) is 2.09.